The lowest BCUT2D eigenvalue weighted by Crippen LogP contribution is -2.39. The average molecular weight is 276 g/mol. The maximum atomic E-state index is 12.2. The topological polar surface area (TPSA) is 66.5 Å². The molecule has 1 amide bonds. The monoisotopic (exact) mass is 276 g/mol. The van der Waals surface area contributed by atoms with Crippen molar-refractivity contribution in [2.45, 2.75) is 46.3 Å². The van der Waals surface area contributed by atoms with Gasteiger partial charge < -0.3 is 4.90 Å². The van der Waals surface area contributed by atoms with Crippen LogP contribution in [0.25, 0.3) is 0 Å². The molecule has 1 aliphatic rings. The molecule has 0 radical (unpaired) electrons. The van der Waals surface area contributed by atoms with Crippen molar-refractivity contribution in [2.75, 3.05) is 18.1 Å². The van der Waals surface area contributed by atoms with Crippen LogP contribution in [0, 0.1) is 5.92 Å². The van der Waals surface area contributed by atoms with Gasteiger partial charge in [-0.1, -0.05) is 27.7 Å². The lowest BCUT2D eigenvalue weighted by atomic mass is 10.1. The second-order valence-electron chi connectivity index (χ2n) is 5.08. The Labute approximate surface area is 110 Å². The highest BCUT2D eigenvalue weighted by Gasteiger charge is 2.39. The maximum absolute atomic E-state index is 12.2. The van der Waals surface area contributed by atoms with Crippen molar-refractivity contribution in [1.29, 1.82) is 0 Å². The molecule has 1 heterocycles. The third kappa shape index (κ3) is 3.45. The molecule has 106 valence electrons. The number of rotatable bonds is 6. The quantitative estimate of drug-likeness (QED) is 0.772. The van der Waals surface area contributed by atoms with Crippen LogP contribution in [0.5, 0.6) is 0 Å². The third-order valence-electron chi connectivity index (χ3n) is 3.43. The Morgan fingerprint density at radius 2 is 1.94 bits per heavy atom. The highest BCUT2D eigenvalue weighted by molar-refractivity contribution is 7.91. The number of nitrogens with zero attached hydrogens (tertiary/aromatic N) is 1. The molecule has 1 rings (SSSR count). The van der Waals surface area contributed by atoms with Gasteiger partial charge >= 0.3 is 0 Å². The van der Waals surface area contributed by atoms with Crippen molar-refractivity contribution >= 4 is 15.7 Å². The van der Waals surface area contributed by atoms with Gasteiger partial charge in [0.25, 0.3) is 0 Å². The molecular formula is C12H24N2O3S. The standard InChI is InChI=1S/C12H24N2O3S/c1-5-10-13-11(9(3)4)12(15)14(10)7-8-18(16,17)6-2/h9-11,13H,5-8H2,1-4H3. The fourth-order valence-corrected chi connectivity index (χ4v) is 2.93. The van der Waals surface area contributed by atoms with E-state index < -0.39 is 9.84 Å². The van der Waals surface area contributed by atoms with Crippen LogP contribution in [0.1, 0.15) is 34.1 Å². The highest BCUT2D eigenvalue weighted by atomic mass is 32.2. The zero-order chi connectivity index (χ0) is 13.9. The summed E-state index contributed by atoms with van der Waals surface area (Å²) in [6.07, 6.45) is 0.762. The summed E-state index contributed by atoms with van der Waals surface area (Å²) in [5, 5.41) is 3.28. The van der Waals surface area contributed by atoms with Crippen LogP contribution in [0.2, 0.25) is 0 Å². The van der Waals surface area contributed by atoms with Gasteiger partial charge in [0.15, 0.2) is 9.84 Å². The van der Waals surface area contributed by atoms with Crippen LogP contribution in [-0.2, 0) is 14.6 Å². The Morgan fingerprint density at radius 1 is 1.33 bits per heavy atom. The lowest BCUT2D eigenvalue weighted by Gasteiger charge is -2.22. The maximum Gasteiger partial charge on any atom is 0.241 e. The van der Waals surface area contributed by atoms with E-state index in [9.17, 15) is 13.2 Å². The van der Waals surface area contributed by atoms with E-state index >= 15 is 0 Å². The van der Waals surface area contributed by atoms with Gasteiger partial charge in [0.2, 0.25) is 5.91 Å². The van der Waals surface area contributed by atoms with Crippen molar-refractivity contribution < 1.29 is 13.2 Å². The first kappa shape index (κ1) is 15.4. The van der Waals surface area contributed by atoms with Crippen molar-refractivity contribution in [1.82, 2.24) is 10.2 Å². The summed E-state index contributed by atoms with van der Waals surface area (Å²) in [7, 11) is -3.02. The van der Waals surface area contributed by atoms with E-state index in [1.807, 2.05) is 20.8 Å². The van der Waals surface area contributed by atoms with Crippen LogP contribution in [0.3, 0.4) is 0 Å². The Balaban J connectivity index is 2.71. The van der Waals surface area contributed by atoms with Crippen LogP contribution >= 0.6 is 0 Å². The molecule has 2 atom stereocenters. The Kier molecular flexibility index (Phi) is 5.16. The first-order valence-electron chi connectivity index (χ1n) is 6.59. The Morgan fingerprint density at radius 3 is 2.39 bits per heavy atom. The number of hydrogen-bond acceptors (Lipinski definition) is 4. The molecule has 1 aliphatic heterocycles. The molecule has 1 fully saturated rings. The minimum atomic E-state index is -3.02. The van der Waals surface area contributed by atoms with Gasteiger partial charge in [0.1, 0.15) is 0 Å². The largest absolute Gasteiger partial charge is 0.325 e. The molecule has 0 aromatic heterocycles. The van der Waals surface area contributed by atoms with Crippen LogP contribution in [0.15, 0.2) is 0 Å². The second kappa shape index (κ2) is 6.02. The summed E-state index contributed by atoms with van der Waals surface area (Å²) < 4.78 is 23.0. The fourth-order valence-electron chi connectivity index (χ4n) is 2.16. The minimum absolute atomic E-state index is 0.0306. The molecule has 0 aromatic rings. The smallest absolute Gasteiger partial charge is 0.241 e. The van der Waals surface area contributed by atoms with Gasteiger partial charge in [-0.05, 0) is 12.3 Å². The number of hydrogen-bond donors (Lipinski definition) is 1. The fraction of sp³-hybridized carbons (Fsp3) is 0.917. The summed E-state index contributed by atoms with van der Waals surface area (Å²) in [5.41, 5.74) is 0. The minimum Gasteiger partial charge on any atom is -0.325 e. The van der Waals surface area contributed by atoms with Gasteiger partial charge in [0, 0.05) is 12.3 Å². The SMILES string of the molecule is CCC1NC(C(C)C)C(=O)N1CCS(=O)(=O)CC. The highest BCUT2D eigenvalue weighted by Crippen LogP contribution is 2.18. The first-order valence-corrected chi connectivity index (χ1v) is 8.41. The normalized spacial score (nSPS) is 25.2. The van der Waals surface area contributed by atoms with Crippen molar-refractivity contribution in [2.24, 2.45) is 5.92 Å². The van der Waals surface area contributed by atoms with E-state index in [4.69, 9.17) is 0 Å². The van der Waals surface area contributed by atoms with Crippen LogP contribution in [0.4, 0.5) is 0 Å². The summed E-state index contributed by atoms with van der Waals surface area (Å²) >= 11 is 0. The van der Waals surface area contributed by atoms with Gasteiger partial charge in [-0.3, -0.25) is 10.1 Å². The van der Waals surface area contributed by atoms with Gasteiger partial charge in [-0.25, -0.2) is 8.42 Å². The average Bonchev–Trinajstić information content (AvgIpc) is 2.63. The van der Waals surface area contributed by atoms with E-state index in [-0.39, 0.29) is 35.5 Å². The third-order valence-corrected chi connectivity index (χ3v) is 5.12. The van der Waals surface area contributed by atoms with Crippen molar-refractivity contribution in [3.05, 3.63) is 0 Å². The Hall–Kier alpha value is -0.620. The molecule has 0 spiro atoms. The number of sulfone groups is 1. The molecule has 1 saturated heterocycles. The number of nitrogens with one attached hydrogen (secondary N) is 1. The van der Waals surface area contributed by atoms with Crippen molar-refractivity contribution in [3.63, 3.8) is 0 Å². The van der Waals surface area contributed by atoms with Gasteiger partial charge in [-0.15, -0.1) is 0 Å². The second-order valence-corrected chi connectivity index (χ2v) is 7.55. The van der Waals surface area contributed by atoms with Crippen LogP contribution < -0.4 is 5.32 Å². The number of amides is 1. The zero-order valence-electron chi connectivity index (χ0n) is 11.6. The molecule has 0 saturated carbocycles. The predicted molar refractivity (Wildman–Crippen MR) is 71.9 cm³/mol. The Bertz CT molecular complexity index is 392. The molecule has 2 unspecified atom stereocenters. The molecule has 6 heteroatoms. The van der Waals surface area contributed by atoms with E-state index in [1.165, 1.54) is 0 Å². The van der Waals surface area contributed by atoms with Gasteiger partial charge in [0.05, 0.1) is 18.0 Å². The van der Waals surface area contributed by atoms with Crippen LogP contribution in [-0.4, -0.2) is 49.5 Å². The molecule has 18 heavy (non-hydrogen) atoms. The number of carbonyl (C=O) groups is 1. The van der Waals surface area contributed by atoms with Crippen molar-refractivity contribution in [3.8, 4) is 0 Å². The van der Waals surface area contributed by atoms with E-state index in [0.717, 1.165) is 6.42 Å². The molecular weight excluding hydrogens is 252 g/mol. The summed E-state index contributed by atoms with van der Waals surface area (Å²) in [5.74, 6) is 0.438. The van der Waals surface area contributed by atoms with E-state index in [1.54, 1.807) is 11.8 Å². The molecule has 0 aromatic carbocycles. The summed E-state index contributed by atoms with van der Waals surface area (Å²) in [6, 6.07) is -0.181. The first-order chi connectivity index (χ1) is 8.32. The molecule has 0 aliphatic carbocycles. The van der Waals surface area contributed by atoms with E-state index in [0.29, 0.717) is 6.54 Å². The molecule has 1 N–H and O–H groups in total. The molecule has 5 nitrogen and oxygen atoms in total. The van der Waals surface area contributed by atoms with Gasteiger partial charge in [-0.2, -0.15) is 0 Å². The summed E-state index contributed by atoms with van der Waals surface area (Å²) in [6.45, 7) is 7.91. The predicted octanol–water partition coefficient (Wildman–Crippen LogP) is 0.614. The van der Waals surface area contributed by atoms with E-state index in [2.05, 4.69) is 5.32 Å². The molecule has 0 bridgehead atoms. The summed E-state index contributed by atoms with van der Waals surface area (Å²) in [4.78, 5) is 13.9. The number of carbonyl (C=O) groups excluding carboxylic acids is 1. The zero-order valence-corrected chi connectivity index (χ0v) is 12.5. The lowest BCUT2D eigenvalue weighted by molar-refractivity contribution is -0.130.